The molecule has 1 aromatic carbocycles. The van der Waals surface area contributed by atoms with Crippen molar-refractivity contribution >= 4 is 34.6 Å². The number of nitrogens with zero attached hydrogens (tertiary/aromatic N) is 6. The van der Waals surface area contributed by atoms with Crippen LogP contribution in [-0.2, 0) is 9.63 Å². The van der Waals surface area contributed by atoms with E-state index in [-0.39, 0.29) is 24.3 Å². The van der Waals surface area contributed by atoms with Gasteiger partial charge >= 0.3 is 0 Å². The summed E-state index contributed by atoms with van der Waals surface area (Å²) < 4.78 is 10.7. The van der Waals surface area contributed by atoms with Crippen LogP contribution in [-0.4, -0.2) is 58.3 Å². The van der Waals surface area contributed by atoms with Crippen molar-refractivity contribution in [3.63, 3.8) is 0 Å². The Bertz CT molecular complexity index is 1370. The van der Waals surface area contributed by atoms with Crippen LogP contribution in [0.3, 0.4) is 0 Å². The predicted octanol–water partition coefficient (Wildman–Crippen LogP) is 4.12. The number of likely N-dealkylation sites (tertiary alicyclic amines) is 1. The zero-order valence-corrected chi connectivity index (χ0v) is 21.5. The number of thiazole rings is 1. The minimum Gasteiger partial charge on any atom is -0.490 e. The lowest BCUT2D eigenvalue weighted by atomic mass is 9.97. The fourth-order valence-corrected chi connectivity index (χ4v) is 5.70. The Morgan fingerprint density at radius 3 is 2.97 bits per heavy atom. The fourth-order valence-electron chi connectivity index (χ4n) is 4.40. The Labute approximate surface area is 222 Å². The number of carbonyl (C=O) groups excluding carboxylic acids is 1. The van der Waals surface area contributed by atoms with Crippen LogP contribution in [0.4, 0.5) is 0 Å². The second kappa shape index (κ2) is 11.1. The molecule has 3 aromatic rings. The van der Waals surface area contributed by atoms with Crippen LogP contribution in [0.2, 0.25) is 5.02 Å². The summed E-state index contributed by atoms with van der Waals surface area (Å²) in [5, 5.41) is 17.2. The minimum absolute atomic E-state index is 0.0984. The predicted molar refractivity (Wildman–Crippen MR) is 136 cm³/mol. The highest BCUT2D eigenvalue weighted by Gasteiger charge is 2.31. The molecule has 5 rings (SSSR count). The lowest BCUT2D eigenvalue weighted by molar-refractivity contribution is -0.134. The Kier molecular flexibility index (Phi) is 7.48. The standard InChI is InChI=1S/C25H23ClN6O4S/c1-34-21-11-28-14-29-24(21)35-12-22(33)32-7-5-15(6-8-32)25-30-19(13-37-25)18-9-20(36-31-18)23-16(10-27)3-2-4-17(23)26/h2-4,11,13-15,20H,5-9,12H2,1H3. The average molecular weight is 539 g/mol. The van der Waals surface area contributed by atoms with Crippen molar-refractivity contribution in [1.82, 2.24) is 19.9 Å². The maximum absolute atomic E-state index is 12.7. The van der Waals surface area contributed by atoms with Crippen molar-refractivity contribution in [2.75, 3.05) is 26.8 Å². The van der Waals surface area contributed by atoms with Crippen LogP contribution < -0.4 is 9.47 Å². The molecule has 1 saturated heterocycles. The Morgan fingerprint density at radius 2 is 2.19 bits per heavy atom. The molecule has 0 saturated carbocycles. The van der Waals surface area contributed by atoms with Crippen LogP contribution >= 0.6 is 22.9 Å². The van der Waals surface area contributed by atoms with Crippen LogP contribution in [0.25, 0.3) is 0 Å². The summed E-state index contributed by atoms with van der Waals surface area (Å²) in [4.78, 5) is 32.8. The first-order valence-electron chi connectivity index (χ1n) is 11.7. The second-order valence-corrected chi connectivity index (χ2v) is 9.86. The molecule has 1 atom stereocenters. The number of piperidine rings is 1. The topological polar surface area (TPSA) is 123 Å². The van der Waals surface area contributed by atoms with E-state index in [1.165, 1.54) is 19.6 Å². The number of methoxy groups -OCH3 is 1. The number of rotatable bonds is 7. The Morgan fingerprint density at radius 1 is 1.35 bits per heavy atom. The summed E-state index contributed by atoms with van der Waals surface area (Å²) in [6, 6.07) is 7.38. The largest absolute Gasteiger partial charge is 0.490 e. The van der Waals surface area contributed by atoms with Gasteiger partial charge in [0.25, 0.3) is 11.8 Å². The number of carbonyl (C=O) groups is 1. The molecule has 0 aliphatic carbocycles. The number of oxime groups is 1. The molecule has 0 bridgehead atoms. The van der Waals surface area contributed by atoms with E-state index in [1.54, 1.807) is 34.4 Å². The zero-order chi connectivity index (χ0) is 25.8. The molecule has 4 heterocycles. The average Bonchev–Trinajstić information content (AvgIpc) is 3.62. The quantitative estimate of drug-likeness (QED) is 0.440. The second-order valence-electron chi connectivity index (χ2n) is 8.56. The van der Waals surface area contributed by atoms with Gasteiger partial charge in [-0.25, -0.2) is 9.97 Å². The van der Waals surface area contributed by atoms with Crippen LogP contribution in [0.1, 0.15) is 53.1 Å². The number of hydrogen-bond donors (Lipinski definition) is 0. The molecule has 2 aliphatic rings. The first-order valence-corrected chi connectivity index (χ1v) is 12.9. The van der Waals surface area contributed by atoms with Gasteiger partial charge in [0.15, 0.2) is 18.5 Å². The summed E-state index contributed by atoms with van der Waals surface area (Å²) in [5.74, 6) is 0.793. The van der Waals surface area contributed by atoms with Gasteiger partial charge in [0, 0.05) is 41.4 Å². The monoisotopic (exact) mass is 538 g/mol. The van der Waals surface area contributed by atoms with Gasteiger partial charge in [-0.1, -0.05) is 22.8 Å². The molecule has 1 unspecified atom stereocenters. The molecule has 1 fully saturated rings. The molecule has 0 radical (unpaired) electrons. The van der Waals surface area contributed by atoms with Gasteiger partial charge in [-0.15, -0.1) is 11.3 Å². The molecule has 0 N–H and O–H groups in total. The molecule has 1 amide bonds. The van der Waals surface area contributed by atoms with E-state index in [2.05, 4.69) is 21.2 Å². The van der Waals surface area contributed by atoms with E-state index in [4.69, 9.17) is 30.9 Å². The van der Waals surface area contributed by atoms with Gasteiger partial charge in [-0.3, -0.25) is 4.79 Å². The van der Waals surface area contributed by atoms with Crippen LogP contribution in [0.15, 0.2) is 41.3 Å². The number of amides is 1. The van der Waals surface area contributed by atoms with Gasteiger partial charge in [0.05, 0.1) is 35.6 Å². The molecule has 2 aliphatic heterocycles. The number of halogens is 1. The van der Waals surface area contributed by atoms with Gasteiger partial charge in [0.2, 0.25) is 0 Å². The van der Waals surface area contributed by atoms with E-state index in [1.807, 2.05) is 5.38 Å². The lowest BCUT2D eigenvalue weighted by Crippen LogP contribution is -2.40. The molecule has 2 aromatic heterocycles. The highest BCUT2D eigenvalue weighted by molar-refractivity contribution is 7.10. The van der Waals surface area contributed by atoms with E-state index in [0.29, 0.717) is 41.4 Å². The van der Waals surface area contributed by atoms with Crippen molar-refractivity contribution < 1.29 is 19.1 Å². The zero-order valence-electron chi connectivity index (χ0n) is 20.0. The van der Waals surface area contributed by atoms with Crippen molar-refractivity contribution in [3.8, 4) is 17.7 Å². The molecule has 12 heteroatoms. The molecule has 10 nitrogen and oxygen atoms in total. The molecular formula is C25H23ClN6O4S. The summed E-state index contributed by atoms with van der Waals surface area (Å²) in [6.07, 6.45) is 4.54. The summed E-state index contributed by atoms with van der Waals surface area (Å²) in [7, 11) is 1.50. The normalized spacial score (nSPS) is 17.6. The molecular weight excluding hydrogens is 516 g/mol. The molecule has 37 heavy (non-hydrogen) atoms. The van der Waals surface area contributed by atoms with E-state index < -0.39 is 6.10 Å². The van der Waals surface area contributed by atoms with Crippen LogP contribution in [0.5, 0.6) is 11.6 Å². The van der Waals surface area contributed by atoms with Crippen molar-refractivity contribution in [3.05, 3.63) is 63.0 Å². The van der Waals surface area contributed by atoms with Crippen molar-refractivity contribution in [1.29, 1.82) is 5.26 Å². The van der Waals surface area contributed by atoms with Crippen molar-refractivity contribution in [2.24, 2.45) is 5.16 Å². The maximum atomic E-state index is 12.7. The maximum Gasteiger partial charge on any atom is 0.260 e. The highest BCUT2D eigenvalue weighted by Crippen LogP contribution is 2.37. The number of benzene rings is 1. The van der Waals surface area contributed by atoms with E-state index in [0.717, 1.165) is 29.3 Å². The van der Waals surface area contributed by atoms with Crippen LogP contribution in [0, 0.1) is 11.3 Å². The Balaban J connectivity index is 1.15. The summed E-state index contributed by atoms with van der Waals surface area (Å²) >= 11 is 7.93. The van der Waals surface area contributed by atoms with Gasteiger partial charge in [-0.05, 0) is 25.0 Å². The highest BCUT2D eigenvalue weighted by atomic mass is 35.5. The van der Waals surface area contributed by atoms with E-state index >= 15 is 0 Å². The number of ether oxygens (including phenoxy) is 2. The Hall–Kier alpha value is -3.75. The molecule has 190 valence electrons. The summed E-state index contributed by atoms with van der Waals surface area (Å²) in [6.45, 7) is 1.13. The molecule has 0 spiro atoms. The number of nitriles is 1. The minimum atomic E-state index is -0.415. The SMILES string of the molecule is COc1cncnc1OCC(=O)N1CCC(c2nc(C3=NOC(c4c(Cl)cccc4C#N)C3)cs2)CC1. The third-order valence-electron chi connectivity index (χ3n) is 6.38. The first-order chi connectivity index (χ1) is 18.1. The summed E-state index contributed by atoms with van der Waals surface area (Å²) in [5.41, 5.74) is 2.65. The van der Waals surface area contributed by atoms with Gasteiger partial charge < -0.3 is 19.2 Å². The first kappa shape index (κ1) is 24.9. The van der Waals surface area contributed by atoms with Gasteiger partial charge in [0.1, 0.15) is 12.0 Å². The fraction of sp³-hybridized carbons (Fsp3) is 0.360. The third-order valence-corrected chi connectivity index (χ3v) is 7.71. The van der Waals surface area contributed by atoms with E-state index in [9.17, 15) is 10.1 Å². The van der Waals surface area contributed by atoms with Crippen molar-refractivity contribution in [2.45, 2.75) is 31.3 Å². The third kappa shape index (κ3) is 5.35. The number of aromatic nitrogens is 3. The number of hydrogen-bond acceptors (Lipinski definition) is 10. The smallest absolute Gasteiger partial charge is 0.260 e. The lowest BCUT2D eigenvalue weighted by Gasteiger charge is -2.31. The van der Waals surface area contributed by atoms with Gasteiger partial charge in [-0.2, -0.15) is 10.2 Å².